The van der Waals surface area contributed by atoms with Gasteiger partial charge in [0.15, 0.2) is 0 Å². The zero-order valence-electron chi connectivity index (χ0n) is 17.6. The van der Waals surface area contributed by atoms with Crippen LogP contribution in [0.5, 0.6) is 0 Å². The van der Waals surface area contributed by atoms with E-state index in [1.165, 1.54) is 18.2 Å². The normalized spacial score (nSPS) is 14.7. The number of piperidine rings is 1. The molecule has 0 unspecified atom stereocenters. The van der Waals surface area contributed by atoms with Crippen LogP contribution in [0.4, 0.5) is 14.9 Å². The van der Waals surface area contributed by atoms with Crippen molar-refractivity contribution in [3.8, 4) is 0 Å². The zero-order valence-corrected chi connectivity index (χ0v) is 17.6. The number of aromatic nitrogens is 1. The average molecular weight is 432 g/mol. The number of primary amides is 1. The van der Waals surface area contributed by atoms with Crippen molar-refractivity contribution in [3.05, 3.63) is 77.7 Å². The second-order valence-electron chi connectivity index (χ2n) is 8.06. The Balaban J connectivity index is 1.40. The van der Waals surface area contributed by atoms with Crippen LogP contribution in [0.2, 0.25) is 0 Å². The predicted molar refractivity (Wildman–Crippen MR) is 123 cm³/mol. The molecule has 3 N–H and O–H groups in total. The second-order valence-corrected chi connectivity index (χ2v) is 8.06. The van der Waals surface area contributed by atoms with Gasteiger partial charge in [-0.2, -0.15) is 0 Å². The Bertz CT molecular complexity index is 1150. The first-order valence-electron chi connectivity index (χ1n) is 10.6. The first-order chi connectivity index (χ1) is 15.5. The number of pyridine rings is 1. The number of likely N-dealkylation sites (tertiary alicyclic amines) is 1. The Labute approximate surface area is 185 Å². The largest absolute Gasteiger partial charge is 0.351 e. The number of carbonyl (C=O) groups excluding carboxylic acids is 2. The number of halogens is 1. The summed E-state index contributed by atoms with van der Waals surface area (Å²) in [6.45, 7) is 1.37. The minimum atomic E-state index is -0.676. The molecule has 0 spiro atoms. The van der Waals surface area contributed by atoms with E-state index < -0.39 is 6.03 Å². The number of benzene rings is 2. The van der Waals surface area contributed by atoms with Crippen molar-refractivity contribution in [2.24, 2.45) is 11.7 Å². The smallest absolute Gasteiger partial charge is 0.316 e. The van der Waals surface area contributed by atoms with Crippen molar-refractivity contribution in [1.29, 1.82) is 0 Å². The molecule has 4 rings (SSSR count). The Morgan fingerprint density at radius 2 is 1.91 bits per heavy atom. The lowest BCUT2D eigenvalue weighted by Gasteiger charge is -2.31. The van der Waals surface area contributed by atoms with Crippen molar-refractivity contribution < 1.29 is 14.0 Å². The third kappa shape index (κ3) is 5.29. The number of amides is 3. The van der Waals surface area contributed by atoms with Gasteiger partial charge in [-0.3, -0.25) is 9.78 Å². The van der Waals surface area contributed by atoms with Crippen molar-refractivity contribution in [1.82, 2.24) is 9.88 Å². The lowest BCUT2D eigenvalue weighted by Crippen LogP contribution is -2.37. The molecule has 1 aliphatic heterocycles. The minimum absolute atomic E-state index is 0.0680. The number of nitrogens with one attached hydrogen (secondary N) is 1. The summed E-state index contributed by atoms with van der Waals surface area (Å²) in [6.07, 6.45) is 7.62. The lowest BCUT2D eigenvalue weighted by atomic mass is 9.90. The number of anilines is 1. The van der Waals surface area contributed by atoms with E-state index in [1.807, 2.05) is 35.2 Å². The molecule has 6 nitrogen and oxygen atoms in total. The third-order valence-electron chi connectivity index (χ3n) is 5.80. The van der Waals surface area contributed by atoms with Crippen molar-refractivity contribution >= 4 is 34.6 Å². The molecule has 0 saturated carbocycles. The summed E-state index contributed by atoms with van der Waals surface area (Å²) in [7, 11) is 0. The number of nitrogens with two attached hydrogens (primary N) is 1. The third-order valence-corrected chi connectivity index (χ3v) is 5.80. The number of nitrogens with zero attached hydrogens (tertiary/aromatic N) is 2. The quantitative estimate of drug-likeness (QED) is 0.587. The Kier molecular flexibility index (Phi) is 6.44. The average Bonchev–Trinajstić information content (AvgIpc) is 2.79. The molecule has 2 heterocycles. The molecule has 32 heavy (non-hydrogen) atoms. The summed E-state index contributed by atoms with van der Waals surface area (Å²) in [5.41, 5.74) is 8.33. The topological polar surface area (TPSA) is 88.3 Å². The van der Waals surface area contributed by atoms with Crippen molar-refractivity contribution in [2.75, 3.05) is 18.4 Å². The van der Waals surface area contributed by atoms with E-state index in [0.29, 0.717) is 30.3 Å². The van der Waals surface area contributed by atoms with Gasteiger partial charge in [0.1, 0.15) is 5.82 Å². The van der Waals surface area contributed by atoms with Crippen LogP contribution in [0.25, 0.3) is 17.0 Å². The molecule has 3 aromatic rings. The van der Waals surface area contributed by atoms with Gasteiger partial charge in [-0.05, 0) is 72.7 Å². The second kappa shape index (κ2) is 9.60. The van der Waals surface area contributed by atoms with Gasteiger partial charge >= 0.3 is 6.03 Å². The summed E-state index contributed by atoms with van der Waals surface area (Å²) in [6, 6.07) is 13.3. The maximum Gasteiger partial charge on any atom is 0.316 e. The number of carbonyl (C=O) groups is 2. The molecule has 164 valence electrons. The Morgan fingerprint density at radius 1 is 1.16 bits per heavy atom. The van der Waals surface area contributed by atoms with Crippen LogP contribution in [0.15, 0.2) is 60.8 Å². The number of fused-ring (bicyclic) bond motifs is 1. The maximum atomic E-state index is 13.1. The van der Waals surface area contributed by atoms with Crippen molar-refractivity contribution in [2.45, 2.75) is 19.3 Å². The molecule has 3 amide bonds. The highest BCUT2D eigenvalue weighted by atomic mass is 19.1. The highest BCUT2D eigenvalue weighted by Crippen LogP contribution is 2.25. The summed E-state index contributed by atoms with van der Waals surface area (Å²) < 4.78 is 13.1. The van der Waals surface area contributed by atoms with E-state index in [1.54, 1.807) is 18.3 Å². The van der Waals surface area contributed by atoms with E-state index in [9.17, 15) is 14.0 Å². The monoisotopic (exact) mass is 432 g/mol. The molecular weight excluding hydrogens is 407 g/mol. The summed E-state index contributed by atoms with van der Waals surface area (Å²) >= 11 is 0. The first-order valence-corrected chi connectivity index (χ1v) is 10.6. The highest BCUT2D eigenvalue weighted by molar-refractivity contribution is 5.98. The van der Waals surface area contributed by atoms with E-state index in [2.05, 4.69) is 10.3 Å². The van der Waals surface area contributed by atoms with E-state index in [0.717, 1.165) is 35.7 Å². The fraction of sp³-hybridized carbons (Fsp3) is 0.240. The van der Waals surface area contributed by atoms with Gasteiger partial charge in [0.05, 0.1) is 11.2 Å². The van der Waals surface area contributed by atoms with Crippen LogP contribution >= 0.6 is 0 Å². The SMILES string of the molecule is NC(=O)Nc1cc2ncccc2cc1/C=C/C(=O)N1CCC(Cc2ccc(F)cc2)CC1. The van der Waals surface area contributed by atoms with Gasteiger partial charge in [-0.15, -0.1) is 0 Å². The zero-order chi connectivity index (χ0) is 22.5. The van der Waals surface area contributed by atoms with Gasteiger partial charge in [0.25, 0.3) is 0 Å². The minimum Gasteiger partial charge on any atom is -0.351 e. The maximum absolute atomic E-state index is 13.1. The molecule has 7 heteroatoms. The number of hydrogen-bond acceptors (Lipinski definition) is 3. The molecule has 1 aliphatic rings. The molecule has 0 bridgehead atoms. The van der Waals surface area contributed by atoms with Gasteiger partial charge < -0.3 is 16.0 Å². The van der Waals surface area contributed by atoms with Crippen LogP contribution in [-0.4, -0.2) is 34.9 Å². The molecule has 0 radical (unpaired) electrons. The standard InChI is InChI=1S/C25H25FN4O2/c26-21-6-3-17(4-7-21)14-18-9-12-30(13-10-18)24(31)8-5-20-15-19-2-1-11-28-22(19)16-23(20)29-25(27)32/h1-8,11,15-16,18H,9-10,12-14H2,(H3,27,29,32)/b8-5+. The number of hydrogen-bond donors (Lipinski definition) is 2. The molecule has 0 aliphatic carbocycles. The van der Waals surface area contributed by atoms with Crippen molar-refractivity contribution in [3.63, 3.8) is 0 Å². The fourth-order valence-corrected chi connectivity index (χ4v) is 4.09. The van der Waals surface area contributed by atoms with E-state index >= 15 is 0 Å². The van der Waals surface area contributed by atoms with Crippen LogP contribution in [0, 0.1) is 11.7 Å². The van der Waals surface area contributed by atoms with Crippen LogP contribution in [-0.2, 0) is 11.2 Å². The number of urea groups is 1. The van der Waals surface area contributed by atoms with Gasteiger partial charge in [-0.25, -0.2) is 9.18 Å². The van der Waals surface area contributed by atoms with Crippen LogP contribution in [0.3, 0.4) is 0 Å². The van der Waals surface area contributed by atoms with Gasteiger partial charge in [-0.1, -0.05) is 18.2 Å². The highest BCUT2D eigenvalue weighted by Gasteiger charge is 2.22. The van der Waals surface area contributed by atoms with Crippen LogP contribution < -0.4 is 11.1 Å². The van der Waals surface area contributed by atoms with Gasteiger partial charge in [0.2, 0.25) is 5.91 Å². The van der Waals surface area contributed by atoms with E-state index in [4.69, 9.17) is 5.73 Å². The summed E-state index contributed by atoms with van der Waals surface area (Å²) in [5.74, 6) is 0.187. The van der Waals surface area contributed by atoms with E-state index in [-0.39, 0.29) is 11.7 Å². The molecule has 1 fully saturated rings. The Morgan fingerprint density at radius 3 is 2.62 bits per heavy atom. The first kappa shape index (κ1) is 21.5. The number of rotatable bonds is 5. The molecule has 0 atom stereocenters. The lowest BCUT2D eigenvalue weighted by molar-refractivity contribution is -0.127. The molecular formula is C25H25FN4O2. The molecule has 1 aromatic heterocycles. The fourth-order valence-electron chi connectivity index (χ4n) is 4.09. The van der Waals surface area contributed by atoms with Crippen LogP contribution in [0.1, 0.15) is 24.0 Å². The molecule has 2 aromatic carbocycles. The molecule has 1 saturated heterocycles. The predicted octanol–water partition coefficient (Wildman–Crippen LogP) is 4.36. The Hall–Kier alpha value is -3.74. The summed E-state index contributed by atoms with van der Waals surface area (Å²) in [5, 5.41) is 3.50. The summed E-state index contributed by atoms with van der Waals surface area (Å²) in [4.78, 5) is 30.3. The van der Waals surface area contributed by atoms with Gasteiger partial charge in [0, 0.05) is 30.7 Å².